The summed E-state index contributed by atoms with van der Waals surface area (Å²) in [7, 11) is 1.92. The summed E-state index contributed by atoms with van der Waals surface area (Å²) in [4.78, 5) is 0. The van der Waals surface area contributed by atoms with Gasteiger partial charge in [-0.2, -0.15) is 0 Å². The Kier molecular flexibility index (Phi) is 5.68. The Bertz CT molecular complexity index is 97.4. The zero-order valence-corrected chi connectivity index (χ0v) is 5.15. The topological polar surface area (TPSA) is 12.0 Å². The van der Waals surface area contributed by atoms with Gasteiger partial charge in [0.1, 0.15) is 0 Å². The van der Waals surface area contributed by atoms with Gasteiger partial charge in [-0.1, -0.05) is 12.0 Å². The van der Waals surface area contributed by atoms with E-state index < -0.39 is 0 Å². The lowest BCUT2D eigenvalue weighted by atomic mass is 10.4. The molecule has 0 bridgehead atoms. The zero-order valence-electron chi connectivity index (χ0n) is 5.15. The Morgan fingerprint density at radius 1 is 1.75 bits per heavy atom. The largest absolute Gasteiger partial charge is 0.319 e. The standard InChI is InChI=1S/C7H11N/c1-3-4-5-6-7-8-2/h1,4-5,8H,6-7H2,2H3/b5-4+. The molecule has 0 fully saturated rings. The van der Waals surface area contributed by atoms with Crippen molar-refractivity contribution in [1.82, 2.24) is 5.32 Å². The molecule has 44 valence electrons. The highest BCUT2D eigenvalue weighted by Gasteiger charge is 1.71. The fourth-order valence-electron chi connectivity index (χ4n) is 0.379. The van der Waals surface area contributed by atoms with Gasteiger partial charge in [0.25, 0.3) is 0 Å². The molecule has 0 spiro atoms. The monoisotopic (exact) mass is 109 g/mol. The van der Waals surface area contributed by atoms with Crippen molar-refractivity contribution in [2.24, 2.45) is 0 Å². The summed E-state index contributed by atoms with van der Waals surface area (Å²) in [5.74, 6) is 2.42. The van der Waals surface area contributed by atoms with Gasteiger partial charge in [0.05, 0.1) is 0 Å². The molecule has 0 aliphatic heterocycles. The van der Waals surface area contributed by atoms with E-state index in [9.17, 15) is 0 Å². The van der Waals surface area contributed by atoms with E-state index in [0.717, 1.165) is 13.0 Å². The number of terminal acetylenes is 1. The molecule has 8 heavy (non-hydrogen) atoms. The van der Waals surface area contributed by atoms with Crippen LogP contribution in [0.5, 0.6) is 0 Å². The first-order valence-corrected chi connectivity index (χ1v) is 2.67. The van der Waals surface area contributed by atoms with Crippen LogP contribution in [0.1, 0.15) is 6.42 Å². The van der Waals surface area contributed by atoms with Crippen molar-refractivity contribution in [2.75, 3.05) is 13.6 Å². The molecule has 0 saturated carbocycles. The quantitative estimate of drug-likeness (QED) is 0.417. The summed E-state index contributed by atoms with van der Waals surface area (Å²) in [6, 6.07) is 0. The summed E-state index contributed by atoms with van der Waals surface area (Å²) >= 11 is 0. The van der Waals surface area contributed by atoms with E-state index in [1.54, 1.807) is 6.08 Å². The highest BCUT2D eigenvalue weighted by atomic mass is 14.8. The van der Waals surface area contributed by atoms with Crippen molar-refractivity contribution >= 4 is 0 Å². The molecule has 0 aromatic heterocycles. The molecule has 1 N–H and O–H groups in total. The Labute approximate surface area is 50.8 Å². The SMILES string of the molecule is C#C/C=C/CCNC. The van der Waals surface area contributed by atoms with Crippen LogP contribution in [0, 0.1) is 12.3 Å². The van der Waals surface area contributed by atoms with Gasteiger partial charge in [0.15, 0.2) is 0 Å². The third kappa shape index (κ3) is 5.26. The Balaban J connectivity index is 2.94. The van der Waals surface area contributed by atoms with Crippen LogP contribution in [0.2, 0.25) is 0 Å². The van der Waals surface area contributed by atoms with Crippen LogP contribution >= 0.6 is 0 Å². The lowest BCUT2D eigenvalue weighted by Gasteiger charge is -1.87. The van der Waals surface area contributed by atoms with E-state index in [0.29, 0.717) is 0 Å². The highest BCUT2D eigenvalue weighted by molar-refractivity contribution is 5.08. The predicted octanol–water partition coefficient (Wildman–Crippen LogP) is 0.785. The fraction of sp³-hybridized carbons (Fsp3) is 0.429. The molecule has 0 aromatic carbocycles. The molecule has 0 atom stereocenters. The van der Waals surface area contributed by atoms with E-state index in [4.69, 9.17) is 6.42 Å². The molecule has 0 aromatic rings. The van der Waals surface area contributed by atoms with Gasteiger partial charge in [-0.25, -0.2) is 0 Å². The molecule has 0 radical (unpaired) electrons. The minimum Gasteiger partial charge on any atom is -0.319 e. The first kappa shape index (κ1) is 7.26. The van der Waals surface area contributed by atoms with Crippen molar-refractivity contribution in [3.05, 3.63) is 12.2 Å². The number of hydrogen-bond acceptors (Lipinski definition) is 1. The third-order valence-corrected chi connectivity index (χ3v) is 0.775. The Morgan fingerprint density at radius 3 is 3.00 bits per heavy atom. The molecule has 0 aliphatic carbocycles. The average Bonchev–Trinajstić information content (AvgIpc) is 1.81. The molecule has 1 nitrogen and oxygen atoms in total. The van der Waals surface area contributed by atoms with E-state index in [1.807, 2.05) is 13.1 Å². The van der Waals surface area contributed by atoms with Crippen LogP contribution in [0.15, 0.2) is 12.2 Å². The first-order chi connectivity index (χ1) is 3.91. The first-order valence-electron chi connectivity index (χ1n) is 2.67. The maximum Gasteiger partial charge on any atom is -0.00169 e. The predicted molar refractivity (Wildman–Crippen MR) is 36.5 cm³/mol. The normalized spacial score (nSPS) is 9.50. The molecule has 0 rings (SSSR count). The van der Waals surface area contributed by atoms with Crippen molar-refractivity contribution in [1.29, 1.82) is 0 Å². The van der Waals surface area contributed by atoms with E-state index in [1.165, 1.54) is 0 Å². The molecule has 0 saturated heterocycles. The second-order valence-corrected chi connectivity index (χ2v) is 1.46. The van der Waals surface area contributed by atoms with E-state index in [-0.39, 0.29) is 0 Å². The molecular weight excluding hydrogens is 98.1 g/mol. The minimum atomic E-state index is 0.998. The number of allylic oxidation sites excluding steroid dienone is 1. The zero-order chi connectivity index (χ0) is 6.24. The lowest BCUT2D eigenvalue weighted by Crippen LogP contribution is -2.05. The fourth-order valence-corrected chi connectivity index (χ4v) is 0.379. The lowest BCUT2D eigenvalue weighted by molar-refractivity contribution is 0.808. The smallest absolute Gasteiger partial charge is 0.00169 e. The molecule has 0 unspecified atom stereocenters. The van der Waals surface area contributed by atoms with Gasteiger partial charge in [-0.05, 0) is 26.1 Å². The minimum absolute atomic E-state index is 0.998. The number of rotatable bonds is 3. The van der Waals surface area contributed by atoms with Crippen molar-refractivity contribution in [3.63, 3.8) is 0 Å². The summed E-state index contributed by atoms with van der Waals surface area (Å²) in [5, 5.41) is 3.01. The van der Waals surface area contributed by atoms with Gasteiger partial charge in [0, 0.05) is 0 Å². The summed E-state index contributed by atoms with van der Waals surface area (Å²) in [6.45, 7) is 0.998. The summed E-state index contributed by atoms with van der Waals surface area (Å²) < 4.78 is 0. The van der Waals surface area contributed by atoms with Gasteiger partial charge in [-0.3, -0.25) is 0 Å². The highest BCUT2D eigenvalue weighted by Crippen LogP contribution is 1.76. The van der Waals surface area contributed by atoms with E-state index in [2.05, 4.69) is 11.2 Å². The van der Waals surface area contributed by atoms with Crippen LogP contribution in [-0.2, 0) is 0 Å². The maximum absolute atomic E-state index is 4.95. The van der Waals surface area contributed by atoms with Gasteiger partial charge in [0.2, 0.25) is 0 Å². The van der Waals surface area contributed by atoms with Crippen LogP contribution in [-0.4, -0.2) is 13.6 Å². The second-order valence-electron chi connectivity index (χ2n) is 1.46. The van der Waals surface area contributed by atoms with Crippen LogP contribution < -0.4 is 5.32 Å². The van der Waals surface area contributed by atoms with Crippen molar-refractivity contribution in [2.45, 2.75) is 6.42 Å². The maximum atomic E-state index is 4.95. The molecule has 0 amide bonds. The third-order valence-electron chi connectivity index (χ3n) is 0.775. The Hall–Kier alpha value is -0.740. The van der Waals surface area contributed by atoms with Gasteiger partial charge >= 0.3 is 0 Å². The average molecular weight is 109 g/mol. The Morgan fingerprint density at radius 2 is 2.50 bits per heavy atom. The molecule has 0 heterocycles. The van der Waals surface area contributed by atoms with Gasteiger partial charge < -0.3 is 5.32 Å². The van der Waals surface area contributed by atoms with Crippen LogP contribution in [0.25, 0.3) is 0 Å². The number of hydrogen-bond donors (Lipinski definition) is 1. The molecular formula is C7H11N. The van der Waals surface area contributed by atoms with Crippen LogP contribution in [0.4, 0.5) is 0 Å². The van der Waals surface area contributed by atoms with Crippen LogP contribution in [0.3, 0.4) is 0 Å². The second kappa shape index (κ2) is 6.26. The molecule has 1 heteroatoms. The van der Waals surface area contributed by atoms with E-state index >= 15 is 0 Å². The summed E-state index contributed by atoms with van der Waals surface area (Å²) in [5.41, 5.74) is 0. The number of nitrogens with one attached hydrogen (secondary N) is 1. The summed E-state index contributed by atoms with van der Waals surface area (Å²) in [6.07, 6.45) is 9.66. The van der Waals surface area contributed by atoms with Gasteiger partial charge in [-0.15, -0.1) is 6.42 Å². The van der Waals surface area contributed by atoms with Crippen molar-refractivity contribution in [3.8, 4) is 12.3 Å². The molecule has 0 aliphatic rings. The van der Waals surface area contributed by atoms with Crippen molar-refractivity contribution < 1.29 is 0 Å².